The molecule has 0 unspecified atom stereocenters. The Hall–Kier alpha value is -3.20. The maximum absolute atomic E-state index is 12.4. The number of nitrogens with one attached hydrogen (secondary N) is 1. The number of morpholine rings is 1. The lowest BCUT2D eigenvalue weighted by molar-refractivity contribution is -0.121. The van der Waals surface area contributed by atoms with Gasteiger partial charge >= 0.3 is 5.76 Å². The van der Waals surface area contributed by atoms with Gasteiger partial charge in [-0.25, -0.2) is 14.8 Å². The minimum Gasteiger partial charge on any atom is -0.408 e. The first-order valence-corrected chi connectivity index (χ1v) is 9.12. The number of fused-ring (bicyclic) bond motifs is 1. The summed E-state index contributed by atoms with van der Waals surface area (Å²) < 4.78 is 11.8. The first kappa shape index (κ1) is 18.2. The molecule has 0 saturated carbocycles. The van der Waals surface area contributed by atoms with Crippen LogP contribution in [0.4, 0.5) is 5.95 Å². The Kier molecular flexibility index (Phi) is 5.07. The molecule has 0 bridgehead atoms. The van der Waals surface area contributed by atoms with Gasteiger partial charge in [-0.2, -0.15) is 0 Å². The average Bonchev–Trinajstić information content (AvgIpc) is 3.02. The molecule has 0 radical (unpaired) electrons. The van der Waals surface area contributed by atoms with Crippen LogP contribution in [0.25, 0.3) is 11.1 Å². The van der Waals surface area contributed by atoms with Crippen molar-refractivity contribution in [1.29, 1.82) is 0 Å². The van der Waals surface area contributed by atoms with Gasteiger partial charge < -0.3 is 19.4 Å². The summed E-state index contributed by atoms with van der Waals surface area (Å²) in [5.41, 5.74) is 2.60. The van der Waals surface area contributed by atoms with E-state index in [1.165, 1.54) is 4.57 Å². The van der Waals surface area contributed by atoms with Crippen LogP contribution < -0.4 is 16.0 Å². The van der Waals surface area contributed by atoms with Gasteiger partial charge in [0.05, 0.1) is 31.0 Å². The number of nitrogens with zero attached hydrogens (tertiary/aromatic N) is 4. The van der Waals surface area contributed by atoms with E-state index < -0.39 is 5.76 Å². The highest BCUT2D eigenvalue weighted by Gasteiger charge is 2.16. The maximum atomic E-state index is 12.4. The maximum Gasteiger partial charge on any atom is 0.420 e. The van der Waals surface area contributed by atoms with Gasteiger partial charge in [-0.05, 0) is 25.1 Å². The number of amides is 1. The number of rotatable bonds is 5. The van der Waals surface area contributed by atoms with Crippen molar-refractivity contribution in [1.82, 2.24) is 19.9 Å². The first-order valence-electron chi connectivity index (χ1n) is 9.12. The summed E-state index contributed by atoms with van der Waals surface area (Å²) in [6.45, 7) is 4.82. The van der Waals surface area contributed by atoms with Gasteiger partial charge in [0, 0.05) is 18.8 Å². The number of anilines is 1. The summed E-state index contributed by atoms with van der Waals surface area (Å²) in [5.74, 6) is -0.203. The van der Waals surface area contributed by atoms with Gasteiger partial charge in [-0.3, -0.25) is 9.36 Å². The van der Waals surface area contributed by atoms with Gasteiger partial charge in [0.2, 0.25) is 11.9 Å². The molecule has 1 N–H and O–H groups in total. The summed E-state index contributed by atoms with van der Waals surface area (Å²) in [6, 6.07) is 8.85. The highest BCUT2D eigenvalue weighted by molar-refractivity contribution is 5.79. The van der Waals surface area contributed by atoms with Gasteiger partial charge in [0.25, 0.3) is 0 Å². The lowest BCUT2D eigenvalue weighted by Crippen LogP contribution is -2.37. The highest BCUT2D eigenvalue weighted by Crippen LogP contribution is 2.13. The molecule has 3 heterocycles. The molecule has 1 aliphatic heterocycles. The molecule has 0 atom stereocenters. The Morgan fingerprint density at radius 3 is 2.82 bits per heavy atom. The van der Waals surface area contributed by atoms with Crippen LogP contribution in [0, 0.1) is 6.92 Å². The quantitative estimate of drug-likeness (QED) is 0.697. The third kappa shape index (κ3) is 3.89. The minimum atomic E-state index is -0.552. The molecule has 0 aliphatic carbocycles. The molecule has 4 rings (SSSR count). The van der Waals surface area contributed by atoms with Crippen LogP contribution in [0.5, 0.6) is 0 Å². The summed E-state index contributed by atoms with van der Waals surface area (Å²) in [4.78, 5) is 35.5. The Bertz CT molecular complexity index is 1050. The number of aromatic nitrogens is 3. The lowest BCUT2D eigenvalue weighted by Gasteiger charge is -2.27. The predicted molar refractivity (Wildman–Crippen MR) is 102 cm³/mol. The number of carbonyl (C=O) groups excluding carboxylic acids is 1. The average molecular weight is 383 g/mol. The zero-order valence-corrected chi connectivity index (χ0v) is 15.6. The Morgan fingerprint density at radius 1 is 1.21 bits per heavy atom. The molecule has 9 heteroatoms. The van der Waals surface area contributed by atoms with Gasteiger partial charge in [0.15, 0.2) is 5.58 Å². The van der Waals surface area contributed by atoms with Crippen molar-refractivity contribution in [3.8, 4) is 0 Å². The van der Waals surface area contributed by atoms with Crippen molar-refractivity contribution in [2.75, 3.05) is 31.2 Å². The third-order valence-corrected chi connectivity index (χ3v) is 4.53. The SMILES string of the molecule is Cc1cc(CNC(=O)Cn2c(=O)oc3ccccc32)nc(N2CCOCC2)n1. The summed E-state index contributed by atoms with van der Waals surface area (Å²) in [5, 5.41) is 2.81. The molecule has 2 aromatic heterocycles. The number of oxazole rings is 1. The van der Waals surface area contributed by atoms with Crippen LogP contribution in [-0.2, 0) is 22.6 Å². The van der Waals surface area contributed by atoms with Gasteiger partial charge in [-0.15, -0.1) is 0 Å². The van der Waals surface area contributed by atoms with E-state index in [1.54, 1.807) is 24.3 Å². The second kappa shape index (κ2) is 7.81. The van der Waals surface area contributed by atoms with Crippen LogP contribution in [0.15, 0.2) is 39.5 Å². The predicted octanol–water partition coefficient (Wildman–Crippen LogP) is 0.846. The third-order valence-electron chi connectivity index (χ3n) is 4.53. The zero-order chi connectivity index (χ0) is 19.5. The Balaban J connectivity index is 1.44. The van der Waals surface area contributed by atoms with Crippen molar-refractivity contribution in [3.63, 3.8) is 0 Å². The van der Waals surface area contributed by atoms with Gasteiger partial charge in [-0.1, -0.05) is 12.1 Å². The number of aryl methyl sites for hydroxylation is 1. The van der Waals surface area contributed by atoms with Crippen molar-refractivity contribution in [2.45, 2.75) is 20.0 Å². The standard InChI is InChI=1S/C19H21N5O4/c1-13-10-14(22-18(21-13)23-6-8-27-9-7-23)11-20-17(25)12-24-15-4-2-3-5-16(15)28-19(24)26/h2-5,10H,6-9,11-12H2,1H3,(H,20,25). The fourth-order valence-corrected chi connectivity index (χ4v) is 3.16. The van der Waals surface area contributed by atoms with E-state index in [9.17, 15) is 9.59 Å². The lowest BCUT2D eigenvalue weighted by atomic mass is 10.3. The molecule has 1 aromatic carbocycles. The van der Waals surface area contributed by atoms with Crippen LogP contribution in [0.1, 0.15) is 11.4 Å². The number of ether oxygens (including phenoxy) is 1. The highest BCUT2D eigenvalue weighted by atomic mass is 16.5. The van der Waals surface area contributed by atoms with E-state index in [-0.39, 0.29) is 19.0 Å². The molecule has 3 aromatic rings. The molecule has 28 heavy (non-hydrogen) atoms. The zero-order valence-electron chi connectivity index (χ0n) is 15.6. The van der Waals surface area contributed by atoms with Crippen LogP contribution in [0.2, 0.25) is 0 Å². The molecule has 0 spiro atoms. The fourth-order valence-electron chi connectivity index (χ4n) is 3.16. The number of hydrogen-bond acceptors (Lipinski definition) is 7. The Morgan fingerprint density at radius 2 is 2.00 bits per heavy atom. The molecule has 1 saturated heterocycles. The minimum absolute atomic E-state index is 0.115. The normalized spacial score (nSPS) is 14.4. The number of hydrogen-bond donors (Lipinski definition) is 1. The molecule has 1 amide bonds. The van der Waals surface area contributed by atoms with Crippen molar-refractivity contribution < 1.29 is 13.9 Å². The van der Waals surface area contributed by atoms with E-state index in [0.29, 0.717) is 36.0 Å². The summed E-state index contributed by atoms with van der Waals surface area (Å²) in [7, 11) is 0. The molecule has 146 valence electrons. The largest absolute Gasteiger partial charge is 0.420 e. The second-order valence-electron chi connectivity index (χ2n) is 6.60. The molecular weight excluding hydrogens is 362 g/mol. The number of para-hydroxylation sites is 2. The van der Waals surface area contributed by atoms with E-state index >= 15 is 0 Å². The molecule has 1 fully saturated rings. The topological polar surface area (TPSA) is 102 Å². The van der Waals surface area contributed by atoms with Crippen molar-refractivity contribution in [2.24, 2.45) is 0 Å². The second-order valence-corrected chi connectivity index (χ2v) is 6.60. The molecule has 9 nitrogen and oxygen atoms in total. The summed E-state index contributed by atoms with van der Waals surface area (Å²) in [6.07, 6.45) is 0. The van der Waals surface area contributed by atoms with E-state index in [0.717, 1.165) is 18.8 Å². The van der Waals surface area contributed by atoms with E-state index in [1.807, 2.05) is 13.0 Å². The van der Waals surface area contributed by atoms with Crippen molar-refractivity contribution in [3.05, 3.63) is 52.3 Å². The first-order chi connectivity index (χ1) is 13.6. The Labute approximate surface area is 160 Å². The number of benzene rings is 1. The van der Waals surface area contributed by atoms with E-state index in [4.69, 9.17) is 9.15 Å². The molecular formula is C19H21N5O4. The number of carbonyl (C=O) groups is 1. The smallest absolute Gasteiger partial charge is 0.408 e. The van der Waals surface area contributed by atoms with Crippen LogP contribution >= 0.6 is 0 Å². The van der Waals surface area contributed by atoms with Crippen molar-refractivity contribution >= 4 is 23.0 Å². The fraction of sp³-hybridized carbons (Fsp3) is 0.368. The van der Waals surface area contributed by atoms with Crippen LogP contribution in [-0.4, -0.2) is 46.7 Å². The monoisotopic (exact) mass is 383 g/mol. The van der Waals surface area contributed by atoms with Gasteiger partial charge in [0.1, 0.15) is 6.54 Å². The van der Waals surface area contributed by atoms with E-state index in [2.05, 4.69) is 20.2 Å². The summed E-state index contributed by atoms with van der Waals surface area (Å²) >= 11 is 0. The molecule has 1 aliphatic rings. The van der Waals surface area contributed by atoms with Crippen LogP contribution in [0.3, 0.4) is 0 Å².